The molecule has 6 rings (SSSR count). The topological polar surface area (TPSA) is 61.4 Å². The van der Waals surface area contributed by atoms with E-state index in [1.165, 1.54) is 0 Å². The van der Waals surface area contributed by atoms with E-state index in [-0.39, 0.29) is 0 Å². The lowest BCUT2D eigenvalue weighted by molar-refractivity contribution is 0.873. The number of hydrogen-bond donors (Lipinski definition) is 0. The molecule has 3 aromatic heterocycles. The summed E-state index contributed by atoms with van der Waals surface area (Å²) in [5.74, 6) is 1.60. The number of aromatic nitrogens is 6. The van der Waals surface area contributed by atoms with Crippen molar-refractivity contribution >= 4 is 11.3 Å². The summed E-state index contributed by atoms with van der Waals surface area (Å²) >= 11 is 0. The van der Waals surface area contributed by atoms with Crippen LogP contribution >= 0.6 is 0 Å². The molecule has 6 aromatic rings. The number of hydrogen-bond acceptors (Lipinski definition) is 4. The first-order valence-electron chi connectivity index (χ1n) is 11.1. The first-order chi connectivity index (χ1) is 16.7. The van der Waals surface area contributed by atoms with Crippen LogP contribution in [0.3, 0.4) is 0 Å². The molecule has 0 aliphatic heterocycles. The fraction of sp³-hybridized carbons (Fsp3) is 0.0714. The van der Waals surface area contributed by atoms with Crippen molar-refractivity contribution < 1.29 is 0 Å². The number of imidazole rings is 2. The summed E-state index contributed by atoms with van der Waals surface area (Å²) in [4.78, 5) is 18.6. The van der Waals surface area contributed by atoms with Gasteiger partial charge in [0.05, 0.1) is 11.9 Å². The highest BCUT2D eigenvalue weighted by molar-refractivity contribution is 5.86. The Morgan fingerprint density at radius 1 is 0.706 bits per heavy atom. The molecule has 0 amide bonds. The van der Waals surface area contributed by atoms with Gasteiger partial charge in [-0.25, -0.2) is 19.9 Å². The van der Waals surface area contributed by atoms with Gasteiger partial charge in [0.25, 0.3) is 0 Å². The number of benzene rings is 3. The monoisotopic (exact) mass is 442 g/mol. The minimum absolute atomic E-state index is 0.636. The largest absolute Gasteiger partial charge is 0.315 e. The Hall–Kier alpha value is -4.58. The van der Waals surface area contributed by atoms with Gasteiger partial charge in [-0.3, -0.25) is 4.57 Å². The molecule has 6 nitrogen and oxygen atoms in total. The van der Waals surface area contributed by atoms with E-state index < -0.39 is 0 Å². The fourth-order valence-corrected chi connectivity index (χ4v) is 4.34. The maximum Gasteiger partial charge on any atom is 0.197 e. The Morgan fingerprint density at radius 2 is 1.35 bits per heavy atom. The third-order valence-corrected chi connectivity index (χ3v) is 6.12. The van der Waals surface area contributed by atoms with E-state index in [2.05, 4.69) is 81.3 Å². The quantitative estimate of drug-likeness (QED) is 0.343. The fourth-order valence-electron chi connectivity index (χ4n) is 4.34. The molecule has 0 fully saturated rings. The van der Waals surface area contributed by atoms with Gasteiger partial charge in [-0.1, -0.05) is 78.9 Å². The molecule has 6 heteroatoms. The molecule has 0 aliphatic rings. The van der Waals surface area contributed by atoms with Gasteiger partial charge in [-0.15, -0.1) is 0 Å². The summed E-state index contributed by atoms with van der Waals surface area (Å²) in [6, 6.07) is 27.3. The molecule has 0 saturated carbocycles. The lowest BCUT2D eigenvalue weighted by atomic mass is 9.95. The second kappa shape index (κ2) is 8.08. The van der Waals surface area contributed by atoms with Crippen LogP contribution in [0.25, 0.3) is 50.8 Å². The highest BCUT2D eigenvalue weighted by Gasteiger charge is 2.19. The van der Waals surface area contributed by atoms with Crippen molar-refractivity contribution in [3.05, 3.63) is 103 Å². The second-order valence-electron chi connectivity index (χ2n) is 8.18. The van der Waals surface area contributed by atoms with Crippen molar-refractivity contribution in [1.29, 1.82) is 0 Å². The van der Waals surface area contributed by atoms with Crippen molar-refractivity contribution in [2.75, 3.05) is 0 Å². The predicted molar refractivity (Wildman–Crippen MR) is 134 cm³/mol. The lowest BCUT2D eigenvalue weighted by Gasteiger charge is -2.18. The first kappa shape index (κ1) is 20.1. The second-order valence-corrected chi connectivity index (χ2v) is 8.18. The van der Waals surface area contributed by atoms with Crippen LogP contribution < -0.4 is 0 Å². The van der Waals surface area contributed by atoms with Crippen molar-refractivity contribution in [2.45, 2.75) is 6.92 Å². The van der Waals surface area contributed by atoms with Crippen LogP contribution in [0.5, 0.6) is 0 Å². The lowest BCUT2D eigenvalue weighted by Crippen LogP contribution is -2.04. The SMILES string of the molecule is Cc1nc2ncc(-c3nccn3-c3c(-c4ccccc4)cccc3-c3ccccc3)nc2n1C. The number of rotatable bonds is 4. The highest BCUT2D eigenvalue weighted by atomic mass is 15.2. The molecule has 0 unspecified atom stereocenters. The maximum absolute atomic E-state index is 4.88. The zero-order valence-electron chi connectivity index (χ0n) is 18.9. The van der Waals surface area contributed by atoms with Crippen LogP contribution in [0, 0.1) is 6.92 Å². The van der Waals surface area contributed by atoms with Gasteiger partial charge >= 0.3 is 0 Å². The first-order valence-corrected chi connectivity index (χ1v) is 11.1. The van der Waals surface area contributed by atoms with Gasteiger partial charge in [0, 0.05) is 30.6 Å². The number of para-hydroxylation sites is 1. The molecule has 0 radical (unpaired) electrons. The molecule has 3 heterocycles. The molecule has 0 aliphatic carbocycles. The van der Waals surface area contributed by atoms with E-state index in [0.717, 1.165) is 45.2 Å². The summed E-state index contributed by atoms with van der Waals surface area (Å²) < 4.78 is 4.07. The zero-order chi connectivity index (χ0) is 23.1. The van der Waals surface area contributed by atoms with Crippen molar-refractivity contribution in [1.82, 2.24) is 29.1 Å². The molecule has 0 N–H and O–H groups in total. The van der Waals surface area contributed by atoms with Gasteiger partial charge in [0.1, 0.15) is 11.5 Å². The summed E-state index contributed by atoms with van der Waals surface area (Å²) in [5.41, 5.74) is 7.63. The van der Waals surface area contributed by atoms with Crippen molar-refractivity contribution in [2.24, 2.45) is 7.05 Å². The average molecular weight is 443 g/mol. The Labute approximate surface area is 197 Å². The minimum atomic E-state index is 0.636. The predicted octanol–water partition coefficient (Wildman–Crippen LogP) is 5.86. The Kier molecular flexibility index (Phi) is 4.77. The van der Waals surface area contributed by atoms with E-state index in [9.17, 15) is 0 Å². The van der Waals surface area contributed by atoms with Crippen LogP contribution in [0.15, 0.2) is 97.5 Å². The van der Waals surface area contributed by atoms with Gasteiger partial charge in [-0.05, 0) is 18.1 Å². The van der Waals surface area contributed by atoms with Crippen molar-refractivity contribution in [3.63, 3.8) is 0 Å². The molecule has 0 atom stereocenters. The molecule has 0 bridgehead atoms. The van der Waals surface area contributed by atoms with Crippen LogP contribution in [-0.4, -0.2) is 29.1 Å². The molecule has 164 valence electrons. The molecule has 34 heavy (non-hydrogen) atoms. The smallest absolute Gasteiger partial charge is 0.197 e. The van der Waals surface area contributed by atoms with E-state index in [4.69, 9.17) is 9.97 Å². The summed E-state index contributed by atoms with van der Waals surface area (Å²) in [7, 11) is 1.95. The molecular weight excluding hydrogens is 420 g/mol. The third kappa shape index (κ3) is 3.28. The van der Waals surface area contributed by atoms with Crippen molar-refractivity contribution in [3.8, 4) is 39.5 Å². The average Bonchev–Trinajstić information content (AvgIpc) is 3.49. The normalized spacial score (nSPS) is 11.2. The van der Waals surface area contributed by atoms with Crippen LogP contribution in [0.1, 0.15) is 5.82 Å². The van der Waals surface area contributed by atoms with E-state index in [0.29, 0.717) is 11.3 Å². The molecule has 3 aromatic carbocycles. The Bertz CT molecular complexity index is 1560. The van der Waals surface area contributed by atoms with E-state index in [1.807, 2.05) is 43.1 Å². The Balaban J connectivity index is 1.62. The minimum Gasteiger partial charge on any atom is -0.315 e. The van der Waals surface area contributed by atoms with Crippen LogP contribution in [0.2, 0.25) is 0 Å². The maximum atomic E-state index is 4.88. The zero-order valence-corrected chi connectivity index (χ0v) is 18.9. The van der Waals surface area contributed by atoms with Gasteiger partial charge in [0.15, 0.2) is 17.1 Å². The van der Waals surface area contributed by atoms with Gasteiger partial charge in [-0.2, -0.15) is 0 Å². The molecule has 0 saturated heterocycles. The summed E-state index contributed by atoms with van der Waals surface area (Å²) in [6.45, 7) is 1.95. The number of nitrogens with zero attached hydrogens (tertiary/aromatic N) is 6. The van der Waals surface area contributed by atoms with Crippen LogP contribution in [0.4, 0.5) is 0 Å². The highest BCUT2D eigenvalue weighted by Crippen LogP contribution is 2.37. The number of fused-ring (bicyclic) bond motifs is 1. The number of aryl methyl sites for hydroxylation is 2. The molecular formula is C28H22N6. The standard InChI is InChI=1S/C28H22N6/c1-19-31-26-28(33(19)2)32-24(18-30-26)27-29-16-17-34(27)25-22(20-10-5-3-6-11-20)14-9-15-23(25)21-12-7-4-8-13-21/h3-18H,1-2H3. The van der Waals surface area contributed by atoms with Gasteiger partial charge < -0.3 is 4.57 Å². The van der Waals surface area contributed by atoms with Gasteiger partial charge in [0.2, 0.25) is 0 Å². The van der Waals surface area contributed by atoms with Crippen LogP contribution in [-0.2, 0) is 7.05 Å². The Morgan fingerprint density at radius 3 is 2.00 bits per heavy atom. The van der Waals surface area contributed by atoms with E-state index in [1.54, 1.807) is 6.20 Å². The van der Waals surface area contributed by atoms with E-state index >= 15 is 0 Å². The summed E-state index contributed by atoms with van der Waals surface area (Å²) in [6.07, 6.45) is 5.55. The molecule has 0 spiro atoms. The third-order valence-electron chi connectivity index (χ3n) is 6.12. The summed E-state index contributed by atoms with van der Waals surface area (Å²) in [5, 5.41) is 0.